The molecule has 0 bridgehead atoms. The van der Waals surface area contributed by atoms with Crippen molar-refractivity contribution in [3.05, 3.63) is 17.5 Å². The van der Waals surface area contributed by atoms with E-state index in [1.165, 1.54) is 17.8 Å². The minimum atomic E-state index is 0.928. The van der Waals surface area contributed by atoms with Gasteiger partial charge in [0, 0.05) is 13.6 Å². The Morgan fingerprint density at radius 3 is 2.77 bits per heavy atom. The Balaban J connectivity index is 2.50. The van der Waals surface area contributed by atoms with Crippen LogP contribution >= 0.6 is 0 Å². The SMILES string of the molecule is CCCNCc1cc(CC)nn1C. The molecule has 13 heavy (non-hydrogen) atoms. The van der Waals surface area contributed by atoms with Crippen LogP contribution in [0.3, 0.4) is 0 Å². The lowest BCUT2D eigenvalue weighted by Gasteiger charge is -2.02. The zero-order valence-electron chi connectivity index (χ0n) is 8.80. The van der Waals surface area contributed by atoms with E-state index in [9.17, 15) is 0 Å². The molecule has 1 aromatic heterocycles. The fourth-order valence-corrected chi connectivity index (χ4v) is 1.30. The molecule has 3 nitrogen and oxygen atoms in total. The van der Waals surface area contributed by atoms with Crippen molar-refractivity contribution >= 4 is 0 Å². The van der Waals surface area contributed by atoms with Crippen LogP contribution in [0.5, 0.6) is 0 Å². The molecule has 0 saturated carbocycles. The van der Waals surface area contributed by atoms with Crippen LogP contribution in [0, 0.1) is 0 Å². The van der Waals surface area contributed by atoms with Gasteiger partial charge in [-0.1, -0.05) is 13.8 Å². The van der Waals surface area contributed by atoms with E-state index in [1.807, 2.05) is 11.7 Å². The first-order valence-electron chi connectivity index (χ1n) is 5.00. The van der Waals surface area contributed by atoms with Gasteiger partial charge in [-0.15, -0.1) is 0 Å². The highest BCUT2D eigenvalue weighted by atomic mass is 15.3. The summed E-state index contributed by atoms with van der Waals surface area (Å²) >= 11 is 0. The van der Waals surface area contributed by atoms with Crippen molar-refractivity contribution in [2.75, 3.05) is 6.54 Å². The quantitative estimate of drug-likeness (QED) is 0.697. The maximum absolute atomic E-state index is 4.38. The van der Waals surface area contributed by atoms with Crippen molar-refractivity contribution in [3.8, 4) is 0 Å². The number of nitrogens with zero attached hydrogens (tertiary/aromatic N) is 2. The van der Waals surface area contributed by atoms with Crippen molar-refractivity contribution in [1.82, 2.24) is 15.1 Å². The van der Waals surface area contributed by atoms with Crippen LogP contribution in [0.4, 0.5) is 0 Å². The predicted molar refractivity (Wildman–Crippen MR) is 54.6 cm³/mol. The third-order valence-electron chi connectivity index (χ3n) is 2.12. The van der Waals surface area contributed by atoms with Gasteiger partial charge in [0.25, 0.3) is 0 Å². The second-order valence-electron chi connectivity index (χ2n) is 3.28. The molecule has 1 rings (SSSR count). The van der Waals surface area contributed by atoms with Crippen molar-refractivity contribution < 1.29 is 0 Å². The van der Waals surface area contributed by atoms with Gasteiger partial charge in [0.15, 0.2) is 0 Å². The normalized spacial score (nSPS) is 10.7. The lowest BCUT2D eigenvalue weighted by Crippen LogP contribution is -2.16. The molecule has 0 unspecified atom stereocenters. The molecule has 0 aliphatic heterocycles. The van der Waals surface area contributed by atoms with Gasteiger partial charge in [0.05, 0.1) is 11.4 Å². The zero-order chi connectivity index (χ0) is 9.68. The second-order valence-corrected chi connectivity index (χ2v) is 3.28. The van der Waals surface area contributed by atoms with E-state index in [4.69, 9.17) is 0 Å². The summed E-state index contributed by atoms with van der Waals surface area (Å²) in [5, 5.41) is 7.75. The number of nitrogens with one attached hydrogen (secondary N) is 1. The van der Waals surface area contributed by atoms with E-state index in [0.29, 0.717) is 0 Å². The standard InChI is InChI=1S/C10H19N3/c1-4-6-11-8-10-7-9(5-2)12-13(10)3/h7,11H,4-6,8H2,1-3H3. The zero-order valence-corrected chi connectivity index (χ0v) is 8.80. The highest BCUT2D eigenvalue weighted by Gasteiger charge is 2.01. The molecule has 0 saturated heterocycles. The average Bonchev–Trinajstić information content (AvgIpc) is 2.48. The molecular formula is C10H19N3. The summed E-state index contributed by atoms with van der Waals surface area (Å²) in [6, 6.07) is 2.17. The van der Waals surface area contributed by atoms with Gasteiger partial charge in [-0.3, -0.25) is 4.68 Å². The Bertz CT molecular complexity index is 253. The minimum Gasteiger partial charge on any atom is -0.311 e. The lowest BCUT2D eigenvalue weighted by molar-refractivity contribution is 0.618. The summed E-state index contributed by atoms with van der Waals surface area (Å²) in [7, 11) is 2.00. The van der Waals surface area contributed by atoms with E-state index in [0.717, 1.165) is 19.5 Å². The van der Waals surface area contributed by atoms with Crippen LogP contribution in [0.15, 0.2) is 6.07 Å². The Hall–Kier alpha value is -0.830. The molecule has 1 heterocycles. The third kappa shape index (κ3) is 2.84. The number of aromatic nitrogens is 2. The Kier molecular flexibility index (Phi) is 3.96. The minimum absolute atomic E-state index is 0.928. The van der Waals surface area contributed by atoms with Gasteiger partial charge in [-0.25, -0.2) is 0 Å². The number of hydrogen-bond acceptors (Lipinski definition) is 2. The summed E-state index contributed by atoms with van der Waals surface area (Å²) in [6.07, 6.45) is 2.19. The van der Waals surface area contributed by atoms with Gasteiger partial charge in [-0.2, -0.15) is 5.10 Å². The molecule has 0 fully saturated rings. The van der Waals surface area contributed by atoms with Crippen molar-refractivity contribution in [2.24, 2.45) is 7.05 Å². The van der Waals surface area contributed by atoms with E-state index in [2.05, 4.69) is 30.3 Å². The Morgan fingerprint density at radius 1 is 1.46 bits per heavy atom. The van der Waals surface area contributed by atoms with Gasteiger partial charge in [0.2, 0.25) is 0 Å². The first kappa shape index (κ1) is 10.3. The first-order chi connectivity index (χ1) is 6.27. The number of hydrogen-bond donors (Lipinski definition) is 1. The largest absolute Gasteiger partial charge is 0.311 e. The summed E-state index contributed by atoms with van der Waals surface area (Å²) in [6.45, 7) is 6.31. The van der Waals surface area contributed by atoms with E-state index >= 15 is 0 Å². The Labute approximate surface area is 80.1 Å². The van der Waals surface area contributed by atoms with Crippen LogP contribution < -0.4 is 5.32 Å². The number of rotatable bonds is 5. The third-order valence-corrected chi connectivity index (χ3v) is 2.12. The van der Waals surface area contributed by atoms with E-state index in [1.54, 1.807) is 0 Å². The molecule has 0 aliphatic rings. The van der Waals surface area contributed by atoms with Crippen LogP contribution in [-0.4, -0.2) is 16.3 Å². The average molecular weight is 181 g/mol. The molecule has 0 atom stereocenters. The van der Waals surface area contributed by atoms with Crippen LogP contribution in [-0.2, 0) is 20.0 Å². The topological polar surface area (TPSA) is 29.9 Å². The summed E-state index contributed by atoms with van der Waals surface area (Å²) in [5.74, 6) is 0. The molecule has 0 radical (unpaired) electrons. The van der Waals surface area contributed by atoms with Gasteiger partial charge in [-0.05, 0) is 25.5 Å². The fraction of sp³-hybridized carbons (Fsp3) is 0.700. The maximum atomic E-state index is 4.38. The van der Waals surface area contributed by atoms with Crippen LogP contribution in [0.1, 0.15) is 31.7 Å². The molecule has 0 aliphatic carbocycles. The van der Waals surface area contributed by atoms with Crippen molar-refractivity contribution in [1.29, 1.82) is 0 Å². The van der Waals surface area contributed by atoms with Gasteiger partial charge >= 0.3 is 0 Å². The fourth-order valence-electron chi connectivity index (χ4n) is 1.30. The number of aryl methyl sites for hydroxylation is 2. The molecule has 1 N–H and O–H groups in total. The van der Waals surface area contributed by atoms with Crippen molar-refractivity contribution in [2.45, 2.75) is 33.2 Å². The molecular weight excluding hydrogens is 162 g/mol. The molecule has 0 spiro atoms. The monoisotopic (exact) mass is 181 g/mol. The highest BCUT2D eigenvalue weighted by Crippen LogP contribution is 2.02. The van der Waals surface area contributed by atoms with Gasteiger partial charge < -0.3 is 5.32 Å². The van der Waals surface area contributed by atoms with E-state index in [-0.39, 0.29) is 0 Å². The molecule has 0 aromatic carbocycles. The molecule has 3 heteroatoms. The molecule has 0 amide bonds. The Morgan fingerprint density at radius 2 is 2.23 bits per heavy atom. The van der Waals surface area contributed by atoms with Crippen LogP contribution in [0.25, 0.3) is 0 Å². The first-order valence-corrected chi connectivity index (χ1v) is 5.00. The van der Waals surface area contributed by atoms with Crippen LogP contribution in [0.2, 0.25) is 0 Å². The smallest absolute Gasteiger partial charge is 0.0625 e. The maximum Gasteiger partial charge on any atom is 0.0625 e. The summed E-state index contributed by atoms with van der Waals surface area (Å²) < 4.78 is 1.96. The predicted octanol–water partition coefficient (Wildman–Crippen LogP) is 1.48. The highest BCUT2D eigenvalue weighted by molar-refractivity contribution is 5.09. The van der Waals surface area contributed by atoms with Gasteiger partial charge in [0.1, 0.15) is 0 Å². The van der Waals surface area contributed by atoms with Crippen molar-refractivity contribution in [3.63, 3.8) is 0 Å². The lowest BCUT2D eigenvalue weighted by atomic mass is 10.3. The summed E-state index contributed by atoms with van der Waals surface area (Å²) in [4.78, 5) is 0. The molecule has 74 valence electrons. The molecule has 1 aromatic rings. The summed E-state index contributed by atoms with van der Waals surface area (Å²) in [5.41, 5.74) is 2.45. The second kappa shape index (κ2) is 5.02. The van der Waals surface area contributed by atoms with E-state index < -0.39 is 0 Å².